The summed E-state index contributed by atoms with van der Waals surface area (Å²) in [5, 5.41) is 10.4. The SMILES string of the molecule is CN=C(NCCCOC1CCOC1)NCC(Nc1ccccc1)C(C)C. The Morgan fingerprint density at radius 3 is 2.73 bits per heavy atom. The number of nitrogens with zero attached hydrogens (tertiary/aromatic N) is 1. The molecule has 1 aliphatic heterocycles. The van der Waals surface area contributed by atoms with Crippen molar-refractivity contribution in [1.82, 2.24) is 10.6 Å². The highest BCUT2D eigenvalue weighted by molar-refractivity contribution is 5.79. The summed E-state index contributed by atoms with van der Waals surface area (Å²) in [5.41, 5.74) is 1.14. The van der Waals surface area contributed by atoms with Crippen molar-refractivity contribution < 1.29 is 9.47 Å². The highest BCUT2D eigenvalue weighted by Gasteiger charge is 2.15. The van der Waals surface area contributed by atoms with Crippen LogP contribution in [0.3, 0.4) is 0 Å². The zero-order chi connectivity index (χ0) is 18.6. The van der Waals surface area contributed by atoms with Crippen LogP contribution >= 0.6 is 0 Å². The van der Waals surface area contributed by atoms with Crippen molar-refractivity contribution in [3.63, 3.8) is 0 Å². The van der Waals surface area contributed by atoms with Gasteiger partial charge in [-0.2, -0.15) is 0 Å². The summed E-state index contributed by atoms with van der Waals surface area (Å²) in [6, 6.07) is 10.6. The van der Waals surface area contributed by atoms with Gasteiger partial charge >= 0.3 is 0 Å². The van der Waals surface area contributed by atoms with Gasteiger partial charge in [0, 0.05) is 45.1 Å². The third kappa shape index (κ3) is 7.62. The average Bonchev–Trinajstić information content (AvgIpc) is 3.17. The summed E-state index contributed by atoms with van der Waals surface area (Å²) in [6.07, 6.45) is 2.25. The van der Waals surface area contributed by atoms with Gasteiger partial charge in [-0.05, 0) is 30.9 Å². The molecule has 0 radical (unpaired) electrons. The van der Waals surface area contributed by atoms with E-state index < -0.39 is 0 Å². The maximum Gasteiger partial charge on any atom is 0.191 e. The van der Waals surface area contributed by atoms with E-state index in [1.807, 2.05) is 18.2 Å². The van der Waals surface area contributed by atoms with Crippen LogP contribution in [-0.4, -0.2) is 58.1 Å². The Hall–Kier alpha value is -1.79. The first kappa shape index (κ1) is 20.5. The summed E-state index contributed by atoms with van der Waals surface area (Å²) in [5.74, 6) is 1.33. The first-order chi connectivity index (χ1) is 12.7. The zero-order valence-electron chi connectivity index (χ0n) is 16.3. The number of rotatable bonds is 10. The first-order valence-electron chi connectivity index (χ1n) is 9.64. The third-order valence-corrected chi connectivity index (χ3v) is 4.50. The molecule has 0 aliphatic carbocycles. The van der Waals surface area contributed by atoms with Gasteiger partial charge in [0.1, 0.15) is 0 Å². The summed E-state index contributed by atoms with van der Waals surface area (Å²) >= 11 is 0. The standard InChI is InChI=1S/C20H34N4O2/c1-16(2)19(24-17-8-5-4-6-9-17)14-23-20(21-3)22-11-7-12-26-18-10-13-25-15-18/h4-6,8-9,16,18-19,24H,7,10-15H2,1-3H3,(H2,21,22,23). The van der Waals surface area contributed by atoms with Gasteiger partial charge in [0.05, 0.1) is 12.7 Å². The van der Waals surface area contributed by atoms with Crippen molar-refractivity contribution in [3.8, 4) is 0 Å². The summed E-state index contributed by atoms with van der Waals surface area (Å²) in [7, 11) is 1.80. The highest BCUT2D eigenvalue weighted by Crippen LogP contribution is 2.11. The van der Waals surface area contributed by atoms with Gasteiger partial charge < -0.3 is 25.4 Å². The molecular weight excluding hydrogens is 328 g/mol. The van der Waals surface area contributed by atoms with E-state index in [-0.39, 0.29) is 6.10 Å². The lowest BCUT2D eigenvalue weighted by molar-refractivity contribution is 0.0420. The molecule has 26 heavy (non-hydrogen) atoms. The van der Waals surface area contributed by atoms with Crippen LogP contribution in [-0.2, 0) is 9.47 Å². The second-order valence-electron chi connectivity index (χ2n) is 6.95. The van der Waals surface area contributed by atoms with E-state index in [2.05, 4.69) is 46.9 Å². The normalized spacial score (nSPS) is 18.8. The molecule has 6 heteroatoms. The minimum atomic E-state index is 0.281. The largest absolute Gasteiger partial charge is 0.380 e. The third-order valence-electron chi connectivity index (χ3n) is 4.50. The monoisotopic (exact) mass is 362 g/mol. The van der Waals surface area contributed by atoms with Gasteiger partial charge in [0.25, 0.3) is 0 Å². The van der Waals surface area contributed by atoms with E-state index >= 15 is 0 Å². The molecule has 6 nitrogen and oxygen atoms in total. The van der Waals surface area contributed by atoms with Crippen LogP contribution in [0.25, 0.3) is 0 Å². The lowest BCUT2D eigenvalue weighted by Crippen LogP contribution is -2.45. The van der Waals surface area contributed by atoms with Gasteiger partial charge in [-0.1, -0.05) is 32.0 Å². The Labute approximate surface area is 157 Å². The van der Waals surface area contributed by atoms with Crippen LogP contribution in [0.2, 0.25) is 0 Å². The van der Waals surface area contributed by atoms with Crippen molar-refractivity contribution >= 4 is 11.6 Å². The number of para-hydroxylation sites is 1. The molecule has 146 valence electrons. The molecule has 0 bridgehead atoms. The van der Waals surface area contributed by atoms with Gasteiger partial charge in [0.15, 0.2) is 5.96 Å². The zero-order valence-corrected chi connectivity index (χ0v) is 16.3. The second kappa shape index (κ2) is 11.8. The van der Waals surface area contributed by atoms with Crippen molar-refractivity contribution in [2.24, 2.45) is 10.9 Å². The lowest BCUT2D eigenvalue weighted by atomic mass is 10.0. The maximum absolute atomic E-state index is 5.78. The summed E-state index contributed by atoms with van der Waals surface area (Å²) in [4.78, 5) is 4.31. The molecule has 1 fully saturated rings. The maximum atomic E-state index is 5.78. The van der Waals surface area contributed by atoms with Gasteiger partial charge in [-0.25, -0.2) is 0 Å². The predicted octanol–water partition coefficient (Wildman–Crippen LogP) is 2.48. The molecule has 1 aliphatic rings. The molecule has 0 amide bonds. The van der Waals surface area contributed by atoms with Crippen molar-refractivity contribution in [2.45, 2.75) is 38.8 Å². The van der Waals surface area contributed by atoms with E-state index in [0.717, 1.165) is 57.4 Å². The van der Waals surface area contributed by atoms with Gasteiger partial charge in [-0.15, -0.1) is 0 Å². The Morgan fingerprint density at radius 2 is 2.08 bits per heavy atom. The number of hydrogen-bond donors (Lipinski definition) is 3. The van der Waals surface area contributed by atoms with E-state index in [9.17, 15) is 0 Å². The average molecular weight is 363 g/mol. The quantitative estimate of drug-likeness (QED) is 0.339. The molecular formula is C20H34N4O2. The molecule has 2 atom stereocenters. The van der Waals surface area contributed by atoms with Crippen molar-refractivity contribution in [3.05, 3.63) is 30.3 Å². The Morgan fingerprint density at radius 1 is 1.27 bits per heavy atom. The van der Waals surface area contributed by atoms with Crippen LogP contribution < -0.4 is 16.0 Å². The lowest BCUT2D eigenvalue weighted by Gasteiger charge is -2.25. The fraction of sp³-hybridized carbons (Fsp3) is 0.650. The van der Waals surface area contributed by atoms with Crippen molar-refractivity contribution in [1.29, 1.82) is 0 Å². The molecule has 0 spiro atoms. The van der Waals surface area contributed by atoms with Gasteiger partial charge in [-0.3, -0.25) is 4.99 Å². The molecule has 0 aromatic heterocycles. The molecule has 1 saturated heterocycles. The van der Waals surface area contributed by atoms with Crippen LogP contribution in [0, 0.1) is 5.92 Å². The highest BCUT2D eigenvalue weighted by atomic mass is 16.5. The molecule has 1 aromatic rings. The van der Waals surface area contributed by atoms with Crippen molar-refractivity contribution in [2.75, 3.05) is 45.3 Å². The molecule has 2 rings (SSSR count). The van der Waals surface area contributed by atoms with Crippen LogP contribution in [0.15, 0.2) is 35.3 Å². The first-order valence-corrected chi connectivity index (χ1v) is 9.64. The van der Waals surface area contributed by atoms with E-state index in [0.29, 0.717) is 12.0 Å². The smallest absolute Gasteiger partial charge is 0.191 e. The molecule has 1 heterocycles. The number of ether oxygens (including phenoxy) is 2. The number of anilines is 1. The molecule has 0 saturated carbocycles. The Bertz CT molecular complexity index is 516. The van der Waals surface area contributed by atoms with E-state index in [4.69, 9.17) is 9.47 Å². The Balaban J connectivity index is 1.65. The number of aliphatic imine (C=N–C) groups is 1. The number of nitrogens with one attached hydrogen (secondary N) is 3. The minimum absolute atomic E-state index is 0.281. The van der Waals surface area contributed by atoms with Crippen LogP contribution in [0.5, 0.6) is 0 Å². The number of benzene rings is 1. The minimum Gasteiger partial charge on any atom is -0.380 e. The summed E-state index contributed by atoms with van der Waals surface area (Å²) in [6.45, 7) is 8.41. The molecule has 3 N–H and O–H groups in total. The van der Waals surface area contributed by atoms with Gasteiger partial charge in [0.2, 0.25) is 0 Å². The fourth-order valence-corrected chi connectivity index (χ4v) is 2.80. The topological polar surface area (TPSA) is 66.9 Å². The van der Waals surface area contributed by atoms with E-state index in [1.165, 1.54) is 0 Å². The van der Waals surface area contributed by atoms with Crippen LogP contribution in [0.4, 0.5) is 5.69 Å². The Kier molecular flexibility index (Phi) is 9.28. The van der Waals surface area contributed by atoms with Crippen LogP contribution in [0.1, 0.15) is 26.7 Å². The second-order valence-corrected chi connectivity index (χ2v) is 6.95. The van der Waals surface area contributed by atoms with E-state index in [1.54, 1.807) is 7.05 Å². The molecule has 2 unspecified atom stereocenters. The molecule has 1 aromatic carbocycles. The fourth-order valence-electron chi connectivity index (χ4n) is 2.80. The summed E-state index contributed by atoms with van der Waals surface area (Å²) < 4.78 is 11.1. The predicted molar refractivity (Wildman–Crippen MR) is 108 cm³/mol. The number of guanidine groups is 1. The number of hydrogen-bond acceptors (Lipinski definition) is 4.